The standard InChI is InChI=1S/C19H30F2N4O3/c1-5-27-10-6-9-22-19(24-13-17(26)25(3)4)23-12-15-11-14(2)7-8-16(15)28-18(20)21/h7-8,11,18H,5-6,9-10,12-13H2,1-4H3,(H2,22,23,24). The summed E-state index contributed by atoms with van der Waals surface area (Å²) in [6.45, 7) is 2.93. The van der Waals surface area contributed by atoms with Gasteiger partial charge in [-0.3, -0.25) is 4.79 Å². The summed E-state index contributed by atoms with van der Waals surface area (Å²) in [6.07, 6.45) is 0.764. The van der Waals surface area contributed by atoms with E-state index in [0.717, 1.165) is 12.0 Å². The molecule has 0 radical (unpaired) electrons. The molecule has 0 unspecified atom stereocenters. The van der Waals surface area contributed by atoms with Gasteiger partial charge in [0.15, 0.2) is 5.96 Å². The maximum atomic E-state index is 12.6. The van der Waals surface area contributed by atoms with Gasteiger partial charge >= 0.3 is 6.61 Å². The van der Waals surface area contributed by atoms with E-state index < -0.39 is 6.61 Å². The van der Waals surface area contributed by atoms with Crippen LogP contribution >= 0.6 is 0 Å². The second kappa shape index (κ2) is 12.9. The number of benzene rings is 1. The minimum Gasteiger partial charge on any atom is -0.434 e. The molecule has 9 heteroatoms. The number of amides is 1. The number of hydrogen-bond acceptors (Lipinski definition) is 4. The lowest BCUT2D eigenvalue weighted by atomic mass is 10.1. The van der Waals surface area contributed by atoms with Crippen LogP contribution in [0, 0.1) is 6.92 Å². The van der Waals surface area contributed by atoms with Gasteiger partial charge in [-0.15, -0.1) is 0 Å². The first-order chi connectivity index (χ1) is 13.3. The number of ether oxygens (including phenoxy) is 2. The smallest absolute Gasteiger partial charge is 0.387 e. The monoisotopic (exact) mass is 400 g/mol. The molecule has 0 saturated carbocycles. The molecule has 0 atom stereocenters. The average molecular weight is 400 g/mol. The molecule has 1 aromatic carbocycles. The highest BCUT2D eigenvalue weighted by Crippen LogP contribution is 2.22. The summed E-state index contributed by atoms with van der Waals surface area (Å²) >= 11 is 0. The maximum Gasteiger partial charge on any atom is 0.387 e. The third kappa shape index (κ3) is 9.50. The van der Waals surface area contributed by atoms with Gasteiger partial charge in [-0.25, -0.2) is 4.99 Å². The Morgan fingerprint density at radius 2 is 2.04 bits per heavy atom. The Hall–Kier alpha value is -2.42. The highest BCUT2D eigenvalue weighted by atomic mass is 19.3. The second-order valence-electron chi connectivity index (χ2n) is 6.27. The summed E-state index contributed by atoms with van der Waals surface area (Å²) in [7, 11) is 3.33. The first-order valence-corrected chi connectivity index (χ1v) is 9.17. The Labute approximate surface area is 165 Å². The summed E-state index contributed by atoms with van der Waals surface area (Å²) in [6, 6.07) is 4.95. The number of aliphatic imine (C=N–C) groups is 1. The lowest BCUT2D eigenvalue weighted by Gasteiger charge is -2.15. The van der Waals surface area contributed by atoms with Crippen LogP contribution in [-0.4, -0.2) is 63.8 Å². The third-order valence-corrected chi connectivity index (χ3v) is 3.71. The number of carbonyl (C=O) groups excluding carboxylic acids is 1. The van der Waals surface area contributed by atoms with Crippen LogP contribution in [0.1, 0.15) is 24.5 Å². The number of likely N-dealkylation sites (N-methyl/N-ethyl adjacent to an activating group) is 1. The zero-order chi connectivity index (χ0) is 20.9. The molecular weight excluding hydrogens is 370 g/mol. The molecule has 2 N–H and O–H groups in total. The van der Waals surface area contributed by atoms with E-state index in [-0.39, 0.29) is 24.7 Å². The fraction of sp³-hybridized carbons (Fsp3) is 0.579. The van der Waals surface area contributed by atoms with Crippen molar-refractivity contribution in [3.05, 3.63) is 29.3 Å². The highest BCUT2D eigenvalue weighted by molar-refractivity contribution is 5.86. The lowest BCUT2D eigenvalue weighted by molar-refractivity contribution is -0.127. The molecular formula is C19H30F2N4O3. The molecule has 1 rings (SSSR count). The van der Waals surface area contributed by atoms with Gasteiger partial charge in [0, 0.05) is 39.4 Å². The van der Waals surface area contributed by atoms with E-state index >= 15 is 0 Å². The number of nitrogens with zero attached hydrogens (tertiary/aromatic N) is 2. The molecule has 0 bridgehead atoms. The van der Waals surface area contributed by atoms with E-state index in [0.29, 0.717) is 31.3 Å². The average Bonchev–Trinajstić information content (AvgIpc) is 2.64. The molecule has 1 aromatic rings. The van der Waals surface area contributed by atoms with Crippen molar-refractivity contribution in [1.29, 1.82) is 0 Å². The molecule has 0 fully saturated rings. The highest BCUT2D eigenvalue weighted by Gasteiger charge is 2.11. The molecule has 28 heavy (non-hydrogen) atoms. The van der Waals surface area contributed by atoms with Gasteiger partial charge in [-0.2, -0.15) is 8.78 Å². The van der Waals surface area contributed by atoms with Crippen molar-refractivity contribution in [3.8, 4) is 5.75 Å². The van der Waals surface area contributed by atoms with Gasteiger partial charge < -0.3 is 25.0 Å². The molecule has 158 valence electrons. The minimum absolute atomic E-state index is 0.0680. The Kier molecular flexibility index (Phi) is 10.9. The predicted molar refractivity (Wildman–Crippen MR) is 105 cm³/mol. The fourth-order valence-corrected chi connectivity index (χ4v) is 2.22. The Balaban J connectivity index is 2.82. The first-order valence-electron chi connectivity index (χ1n) is 9.17. The Bertz CT molecular complexity index is 640. The van der Waals surface area contributed by atoms with Gasteiger partial charge in [-0.05, 0) is 26.3 Å². The Morgan fingerprint density at radius 1 is 1.29 bits per heavy atom. The molecule has 0 spiro atoms. The SMILES string of the molecule is CCOCCCNC(=NCc1cc(C)ccc1OC(F)F)NCC(=O)N(C)C. The summed E-state index contributed by atoms with van der Waals surface area (Å²) < 4.78 is 35.1. The zero-order valence-corrected chi connectivity index (χ0v) is 16.9. The van der Waals surface area contributed by atoms with Crippen LogP contribution < -0.4 is 15.4 Å². The largest absolute Gasteiger partial charge is 0.434 e. The summed E-state index contributed by atoms with van der Waals surface area (Å²) in [5.41, 5.74) is 1.45. The second-order valence-corrected chi connectivity index (χ2v) is 6.27. The van der Waals surface area contributed by atoms with Crippen LogP contribution in [0.25, 0.3) is 0 Å². The molecule has 0 aliphatic rings. The fourth-order valence-electron chi connectivity index (χ4n) is 2.22. The van der Waals surface area contributed by atoms with Crippen molar-refractivity contribution in [1.82, 2.24) is 15.5 Å². The topological polar surface area (TPSA) is 75.2 Å². The van der Waals surface area contributed by atoms with Gasteiger partial charge in [0.05, 0.1) is 13.1 Å². The van der Waals surface area contributed by atoms with Crippen molar-refractivity contribution in [3.63, 3.8) is 0 Å². The van der Waals surface area contributed by atoms with E-state index in [1.54, 1.807) is 26.2 Å². The van der Waals surface area contributed by atoms with Crippen LogP contribution in [0.3, 0.4) is 0 Å². The third-order valence-electron chi connectivity index (χ3n) is 3.71. The molecule has 0 saturated heterocycles. The molecule has 1 amide bonds. The van der Waals surface area contributed by atoms with E-state index in [9.17, 15) is 13.6 Å². The van der Waals surface area contributed by atoms with Crippen LogP contribution in [0.15, 0.2) is 23.2 Å². The van der Waals surface area contributed by atoms with Crippen molar-refractivity contribution in [2.24, 2.45) is 4.99 Å². The number of alkyl halides is 2. The van der Waals surface area contributed by atoms with Crippen LogP contribution in [0.2, 0.25) is 0 Å². The van der Waals surface area contributed by atoms with Crippen molar-refractivity contribution in [2.45, 2.75) is 33.4 Å². The van der Waals surface area contributed by atoms with Crippen LogP contribution in [0.4, 0.5) is 8.78 Å². The predicted octanol–water partition coefficient (Wildman–Crippen LogP) is 2.15. The van der Waals surface area contributed by atoms with E-state index in [1.807, 2.05) is 13.8 Å². The van der Waals surface area contributed by atoms with Gasteiger partial charge in [-0.1, -0.05) is 17.7 Å². The number of halogens is 2. The quantitative estimate of drug-likeness (QED) is 0.338. The van der Waals surface area contributed by atoms with Gasteiger partial charge in [0.25, 0.3) is 0 Å². The van der Waals surface area contributed by atoms with E-state index in [1.165, 1.54) is 11.0 Å². The summed E-state index contributed by atoms with van der Waals surface area (Å²) in [4.78, 5) is 17.7. The van der Waals surface area contributed by atoms with Crippen molar-refractivity contribution < 1.29 is 23.0 Å². The number of guanidine groups is 1. The van der Waals surface area contributed by atoms with Crippen molar-refractivity contribution >= 4 is 11.9 Å². The normalized spacial score (nSPS) is 11.5. The molecule has 0 aromatic heterocycles. The lowest BCUT2D eigenvalue weighted by Crippen LogP contribution is -2.43. The number of hydrogen-bond donors (Lipinski definition) is 2. The molecule has 7 nitrogen and oxygen atoms in total. The molecule has 0 aliphatic carbocycles. The van der Waals surface area contributed by atoms with Gasteiger partial charge in [0.1, 0.15) is 5.75 Å². The number of nitrogens with one attached hydrogen (secondary N) is 2. The van der Waals surface area contributed by atoms with Crippen molar-refractivity contribution in [2.75, 3.05) is 40.4 Å². The number of rotatable bonds is 11. The first kappa shape index (κ1) is 23.6. The number of aryl methyl sites for hydroxylation is 1. The van der Waals surface area contributed by atoms with Crippen LogP contribution in [-0.2, 0) is 16.1 Å². The summed E-state index contributed by atoms with van der Waals surface area (Å²) in [5, 5.41) is 6.07. The molecule has 0 aliphatic heterocycles. The van der Waals surface area contributed by atoms with E-state index in [4.69, 9.17) is 4.74 Å². The van der Waals surface area contributed by atoms with Crippen LogP contribution in [0.5, 0.6) is 5.75 Å². The zero-order valence-electron chi connectivity index (χ0n) is 16.9. The minimum atomic E-state index is -2.91. The van der Waals surface area contributed by atoms with E-state index in [2.05, 4.69) is 20.4 Å². The molecule has 0 heterocycles. The van der Waals surface area contributed by atoms with Gasteiger partial charge in [0.2, 0.25) is 5.91 Å². The summed E-state index contributed by atoms with van der Waals surface area (Å²) in [5.74, 6) is 0.390. The Morgan fingerprint density at radius 3 is 2.68 bits per heavy atom. The number of carbonyl (C=O) groups is 1. The maximum absolute atomic E-state index is 12.6.